The van der Waals surface area contributed by atoms with Crippen molar-refractivity contribution in [2.45, 2.75) is 52.0 Å². The maximum Gasteiger partial charge on any atom is 0.148 e. The summed E-state index contributed by atoms with van der Waals surface area (Å²) in [6, 6.07) is 4.69. The van der Waals surface area contributed by atoms with Gasteiger partial charge >= 0.3 is 0 Å². The van der Waals surface area contributed by atoms with Gasteiger partial charge in [0.25, 0.3) is 0 Å². The summed E-state index contributed by atoms with van der Waals surface area (Å²) in [4.78, 5) is 4.45. The summed E-state index contributed by atoms with van der Waals surface area (Å²) in [7, 11) is 2.02. The summed E-state index contributed by atoms with van der Waals surface area (Å²) in [5, 5.41) is 3.30. The lowest BCUT2D eigenvalue weighted by Crippen LogP contribution is -2.10. The van der Waals surface area contributed by atoms with Crippen molar-refractivity contribution in [1.29, 1.82) is 0 Å². The molecule has 0 atom stereocenters. The Morgan fingerprint density at radius 2 is 1.88 bits per heavy atom. The third-order valence-corrected chi connectivity index (χ3v) is 4.13. The Morgan fingerprint density at radius 1 is 1.21 bits per heavy atom. The van der Waals surface area contributed by atoms with Crippen LogP contribution in [0.4, 0.5) is 5.82 Å². The van der Waals surface area contributed by atoms with Gasteiger partial charge in [-0.2, -0.15) is 0 Å². The highest BCUT2D eigenvalue weighted by Crippen LogP contribution is 2.28. The average molecular weight is 329 g/mol. The van der Waals surface area contributed by atoms with Crippen LogP contribution in [0.3, 0.4) is 0 Å². The summed E-state index contributed by atoms with van der Waals surface area (Å²) in [5.74, 6) is 0.877. The van der Waals surface area contributed by atoms with Crippen LogP contribution in [-0.2, 0) is 7.05 Å². The van der Waals surface area contributed by atoms with Crippen LogP contribution in [-0.4, -0.2) is 14.1 Å². The van der Waals surface area contributed by atoms with Gasteiger partial charge in [-0.05, 0) is 25.0 Å². The number of nitrogens with one attached hydrogen (secondary N) is 1. The van der Waals surface area contributed by atoms with Gasteiger partial charge in [0, 0.05) is 25.5 Å². The molecule has 0 spiro atoms. The smallest absolute Gasteiger partial charge is 0.148 e. The van der Waals surface area contributed by atoms with E-state index in [1.165, 1.54) is 32.1 Å². The van der Waals surface area contributed by atoms with Gasteiger partial charge in [-0.3, -0.25) is 0 Å². The van der Waals surface area contributed by atoms with Gasteiger partial charge in [0.15, 0.2) is 0 Å². The number of hydrogen-bond donors (Lipinski definition) is 1. The van der Waals surface area contributed by atoms with E-state index in [0.29, 0.717) is 6.04 Å². The number of rotatable bonds is 4. The molecule has 1 N–H and O–H groups in total. The zero-order chi connectivity index (χ0) is 17.9. The highest BCUT2D eigenvalue weighted by Gasteiger charge is 2.15. The zero-order valence-corrected chi connectivity index (χ0v) is 15.5. The molecule has 24 heavy (non-hydrogen) atoms. The first kappa shape index (κ1) is 19.8. The minimum absolute atomic E-state index is 0.620. The second kappa shape index (κ2) is 10.5. The van der Waals surface area contributed by atoms with E-state index in [4.69, 9.17) is 0 Å². The normalized spacial score (nSPS) is 14.0. The monoisotopic (exact) mass is 328 g/mol. The number of anilines is 1. The van der Waals surface area contributed by atoms with Crippen molar-refractivity contribution in [2.75, 3.05) is 5.32 Å². The summed E-state index contributed by atoms with van der Waals surface area (Å²) >= 11 is 0. The molecular weight excluding hydrogens is 296 g/mol. The molecule has 2 aromatic heterocycles. The average Bonchev–Trinajstić information content (AvgIpc) is 3.28. The van der Waals surface area contributed by atoms with Gasteiger partial charge in [0.05, 0.1) is 17.7 Å². The van der Waals surface area contributed by atoms with Crippen LogP contribution >= 0.6 is 0 Å². The second-order valence-electron chi connectivity index (χ2n) is 5.61. The standard InChI is InChI=1S/C16H22N4.C2H6.C2H4/c1-13(15-9-6-10-19(15)2)18-16-11-20(12-17-16)14-7-4-3-5-8-14;2*1-2/h6,9-12,14,18H,1,3-5,7-8H2,2H3;1-2H3;1-2H2. The number of hydrogen-bond acceptors (Lipinski definition) is 2. The second-order valence-corrected chi connectivity index (χ2v) is 5.61. The lowest BCUT2D eigenvalue weighted by molar-refractivity contribution is 0.353. The van der Waals surface area contributed by atoms with Crippen LogP contribution in [0.5, 0.6) is 0 Å². The molecule has 3 rings (SSSR count). The van der Waals surface area contributed by atoms with E-state index in [1.807, 2.05) is 50.1 Å². The molecule has 0 radical (unpaired) electrons. The topological polar surface area (TPSA) is 34.8 Å². The summed E-state index contributed by atoms with van der Waals surface area (Å²) < 4.78 is 4.30. The Bertz CT molecular complexity index is 603. The molecule has 132 valence electrons. The number of nitrogens with zero attached hydrogens (tertiary/aromatic N) is 3. The molecule has 0 aromatic carbocycles. The Kier molecular flexibility index (Phi) is 8.69. The summed E-state index contributed by atoms with van der Waals surface area (Å²) in [6.07, 6.45) is 12.6. The van der Waals surface area contributed by atoms with Gasteiger partial charge in [0.2, 0.25) is 0 Å². The molecule has 1 fully saturated rings. The molecule has 0 bridgehead atoms. The zero-order valence-electron chi connectivity index (χ0n) is 15.5. The van der Waals surface area contributed by atoms with Crippen molar-refractivity contribution < 1.29 is 0 Å². The highest BCUT2D eigenvalue weighted by atomic mass is 15.1. The maximum atomic E-state index is 4.45. The Labute approximate surface area is 146 Å². The van der Waals surface area contributed by atoms with Crippen molar-refractivity contribution >= 4 is 11.5 Å². The Hall–Kier alpha value is -2.23. The molecule has 0 unspecified atom stereocenters. The van der Waals surface area contributed by atoms with Gasteiger partial charge in [-0.15, -0.1) is 13.2 Å². The first-order valence-electron chi connectivity index (χ1n) is 8.85. The molecule has 2 aromatic rings. The molecule has 1 aliphatic carbocycles. The molecule has 4 heteroatoms. The molecule has 1 saturated carbocycles. The van der Waals surface area contributed by atoms with Crippen LogP contribution in [0.2, 0.25) is 0 Å². The lowest BCUT2D eigenvalue weighted by atomic mass is 9.95. The van der Waals surface area contributed by atoms with E-state index in [0.717, 1.165) is 17.2 Å². The lowest BCUT2D eigenvalue weighted by Gasteiger charge is -2.22. The van der Waals surface area contributed by atoms with Crippen LogP contribution < -0.4 is 5.32 Å². The third kappa shape index (κ3) is 5.15. The van der Waals surface area contributed by atoms with Crippen molar-refractivity contribution in [3.8, 4) is 0 Å². The maximum absolute atomic E-state index is 4.45. The van der Waals surface area contributed by atoms with Crippen LogP contribution in [0, 0.1) is 0 Å². The van der Waals surface area contributed by atoms with Crippen LogP contribution in [0.1, 0.15) is 57.7 Å². The third-order valence-electron chi connectivity index (χ3n) is 4.13. The summed E-state index contributed by atoms with van der Waals surface area (Å²) in [6.45, 7) is 14.1. The first-order valence-corrected chi connectivity index (χ1v) is 8.85. The summed E-state index contributed by atoms with van der Waals surface area (Å²) in [5.41, 5.74) is 1.96. The van der Waals surface area contributed by atoms with Gasteiger partial charge < -0.3 is 14.5 Å². The molecule has 0 aliphatic heterocycles. The Balaban J connectivity index is 0.000000671. The molecular formula is C20H32N4. The largest absolute Gasteiger partial charge is 0.349 e. The van der Waals surface area contributed by atoms with E-state index < -0.39 is 0 Å². The molecule has 4 nitrogen and oxygen atoms in total. The minimum Gasteiger partial charge on any atom is -0.349 e. The molecule has 0 amide bonds. The van der Waals surface area contributed by atoms with Crippen LogP contribution in [0.15, 0.2) is 50.6 Å². The molecule has 1 aliphatic rings. The molecule has 2 heterocycles. The fraction of sp³-hybridized carbons (Fsp3) is 0.450. The highest BCUT2D eigenvalue weighted by molar-refractivity contribution is 5.71. The Morgan fingerprint density at radius 3 is 2.46 bits per heavy atom. The van der Waals surface area contributed by atoms with E-state index >= 15 is 0 Å². The fourth-order valence-electron chi connectivity index (χ4n) is 2.97. The predicted molar refractivity (Wildman–Crippen MR) is 105 cm³/mol. The number of aromatic nitrogens is 3. The van der Waals surface area contributed by atoms with Crippen molar-refractivity contribution in [2.24, 2.45) is 7.05 Å². The van der Waals surface area contributed by atoms with E-state index in [-0.39, 0.29) is 0 Å². The SMILES string of the molecule is C=C.C=C(Nc1cn(C2CCCCC2)cn1)c1cccn1C.CC. The quantitative estimate of drug-likeness (QED) is 0.737. The number of imidazole rings is 1. The fourth-order valence-corrected chi connectivity index (χ4v) is 2.97. The predicted octanol–water partition coefficient (Wildman–Crippen LogP) is 5.64. The van der Waals surface area contributed by atoms with E-state index in [2.05, 4.69) is 40.8 Å². The van der Waals surface area contributed by atoms with E-state index in [1.54, 1.807) is 0 Å². The van der Waals surface area contributed by atoms with Crippen molar-refractivity contribution in [3.05, 3.63) is 56.3 Å². The minimum atomic E-state index is 0.620. The van der Waals surface area contributed by atoms with Crippen LogP contribution in [0.25, 0.3) is 5.70 Å². The van der Waals surface area contributed by atoms with Gasteiger partial charge in [0.1, 0.15) is 5.82 Å². The van der Waals surface area contributed by atoms with E-state index in [9.17, 15) is 0 Å². The van der Waals surface area contributed by atoms with Crippen molar-refractivity contribution in [1.82, 2.24) is 14.1 Å². The van der Waals surface area contributed by atoms with Gasteiger partial charge in [-0.25, -0.2) is 4.98 Å². The molecule has 0 saturated heterocycles. The number of aryl methyl sites for hydroxylation is 1. The van der Waals surface area contributed by atoms with Crippen molar-refractivity contribution in [3.63, 3.8) is 0 Å². The first-order chi connectivity index (χ1) is 11.7. The van der Waals surface area contributed by atoms with Gasteiger partial charge in [-0.1, -0.05) is 39.7 Å².